The van der Waals surface area contributed by atoms with Crippen molar-refractivity contribution in [1.82, 2.24) is 15.6 Å². The molecule has 0 aliphatic carbocycles. The van der Waals surface area contributed by atoms with Crippen LogP contribution in [0.15, 0.2) is 23.3 Å². The highest BCUT2D eigenvalue weighted by Gasteiger charge is 2.29. The Bertz CT molecular complexity index is 740. The molecule has 2 aliphatic rings. The fourth-order valence-corrected chi connectivity index (χ4v) is 5.45. The summed E-state index contributed by atoms with van der Waals surface area (Å²) in [5, 5.41) is 7.32. The van der Waals surface area contributed by atoms with E-state index < -0.39 is 9.84 Å². The molecular formula is C16H24ClN5O2S. The third-order valence-electron chi connectivity index (χ3n) is 4.68. The van der Waals surface area contributed by atoms with Gasteiger partial charge in [0.2, 0.25) is 0 Å². The first-order valence-corrected chi connectivity index (χ1v) is 10.7. The van der Waals surface area contributed by atoms with Gasteiger partial charge in [0, 0.05) is 38.9 Å². The summed E-state index contributed by atoms with van der Waals surface area (Å²) in [5.41, 5.74) is 0. The second kappa shape index (κ2) is 7.78. The van der Waals surface area contributed by atoms with Crippen LogP contribution in [0.4, 0.5) is 5.82 Å². The van der Waals surface area contributed by atoms with E-state index in [1.54, 1.807) is 13.2 Å². The van der Waals surface area contributed by atoms with E-state index in [0.29, 0.717) is 23.3 Å². The van der Waals surface area contributed by atoms with Gasteiger partial charge >= 0.3 is 0 Å². The van der Waals surface area contributed by atoms with Crippen LogP contribution in [0.3, 0.4) is 0 Å². The first-order chi connectivity index (χ1) is 12.0. The van der Waals surface area contributed by atoms with Crippen LogP contribution in [0.2, 0.25) is 5.02 Å². The molecule has 2 fully saturated rings. The molecule has 1 aromatic heterocycles. The zero-order chi connectivity index (χ0) is 17.9. The summed E-state index contributed by atoms with van der Waals surface area (Å²) in [6, 6.07) is 3.92. The summed E-state index contributed by atoms with van der Waals surface area (Å²) >= 11 is 6.22. The van der Waals surface area contributed by atoms with Crippen molar-refractivity contribution < 1.29 is 8.42 Å². The number of pyridine rings is 1. The number of nitrogens with one attached hydrogen (secondary N) is 2. The predicted octanol–water partition coefficient (Wildman–Crippen LogP) is 0.913. The van der Waals surface area contributed by atoms with Gasteiger partial charge in [-0.3, -0.25) is 4.99 Å². The number of guanidine groups is 1. The maximum absolute atomic E-state index is 11.5. The first kappa shape index (κ1) is 18.3. The van der Waals surface area contributed by atoms with Crippen LogP contribution < -0.4 is 15.5 Å². The number of nitrogens with zero attached hydrogens (tertiary/aromatic N) is 3. The fourth-order valence-electron chi connectivity index (χ4n) is 3.34. The van der Waals surface area contributed by atoms with Crippen molar-refractivity contribution >= 4 is 33.2 Å². The first-order valence-electron chi connectivity index (χ1n) is 8.50. The van der Waals surface area contributed by atoms with Crippen molar-refractivity contribution in [2.75, 3.05) is 43.1 Å². The third-order valence-corrected chi connectivity index (χ3v) is 6.81. The molecule has 3 rings (SSSR count). The van der Waals surface area contributed by atoms with Gasteiger partial charge in [-0.25, -0.2) is 13.4 Å². The van der Waals surface area contributed by atoms with Gasteiger partial charge in [0.05, 0.1) is 16.5 Å². The molecule has 0 spiro atoms. The number of aromatic nitrogens is 1. The monoisotopic (exact) mass is 385 g/mol. The molecule has 2 N–H and O–H groups in total. The SMILES string of the molecule is CN=C(NCC1CCS(=O)(=O)C1)NC1CCN(c2ncccc2Cl)C1. The van der Waals surface area contributed by atoms with E-state index in [2.05, 4.69) is 25.5 Å². The molecule has 2 atom stereocenters. The zero-order valence-electron chi connectivity index (χ0n) is 14.3. The minimum Gasteiger partial charge on any atom is -0.356 e. The van der Waals surface area contributed by atoms with Crippen molar-refractivity contribution in [3.8, 4) is 0 Å². The van der Waals surface area contributed by atoms with Crippen molar-refractivity contribution in [2.45, 2.75) is 18.9 Å². The Kier molecular flexibility index (Phi) is 5.68. The summed E-state index contributed by atoms with van der Waals surface area (Å²) in [6.07, 6.45) is 3.44. The number of anilines is 1. The third kappa shape index (κ3) is 4.76. The van der Waals surface area contributed by atoms with Gasteiger partial charge in [-0.05, 0) is 30.9 Å². The van der Waals surface area contributed by atoms with Crippen LogP contribution in [-0.4, -0.2) is 63.6 Å². The van der Waals surface area contributed by atoms with E-state index in [1.807, 2.05) is 12.1 Å². The van der Waals surface area contributed by atoms with Crippen molar-refractivity contribution in [3.05, 3.63) is 23.4 Å². The van der Waals surface area contributed by atoms with Crippen molar-refractivity contribution in [1.29, 1.82) is 0 Å². The lowest BCUT2D eigenvalue weighted by Gasteiger charge is -2.21. The molecule has 0 bridgehead atoms. The van der Waals surface area contributed by atoms with Gasteiger partial charge in [-0.1, -0.05) is 11.6 Å². The molecule has 3 heterocycles. The number of hydrogen-bond donors (Lipinski definition) is 2. The number of sulfone groups is 1. The van der Waals surface area contributed by atoms with Gasteiger partial charge in [0.25, 0.3) is 0 Å². The van der Waals surface area contributed by atoms with Crippen molar-refractivity contribution in [2.24, 2.45) is 10.9 Å². The Morgan fingerprint density at radius 2 is 2.32 bits per heavy atom. The lowest BCUT2D eigenvalue weighted by molar-refractivity contribution is 0.559. The summed E-state index contributed by atoms with van der Waals surface area (Å²) < 4.78 is 23.1. The topological polar surface area (TPSA) is 86.7 Å². The Morgan fingerprint density at radius 3 is 3.00 bits per heavy atom. The van der Waals surface area contributed by atoms with Crippen molar-refractivity contribution in [3.63, 3.8) is 0 Å². The lowest BCUT2D eigenvalue weighted by atomic mass is 10.1. The highest BCUT2D eigenvalue weighted by molar-refractivity contribution is 7.91. The Balaban J connectivity index is 1.49. The molecule has 2 saturated heterocycles. The van der Waals surface area contributed by atoms with E-state index in [4.69, 9.17) is 11.6 Å². The molecule has 0 saturated carbocycles. The van der Waals surface area contributed by atoms with Crippen LogP contribution in [0, 0.1) is 5.92 Å². The lowest BCUT2D eigenvalue weighted by Crippen LogP contribution is -2.46. The Labute approximate surface area is 153 Å². The summed E-state index contributed by atoms with van der Waals surface area (Å²) in [7, 11) is -1.12. The standard InChI is InChI=1S/C16H24ClN5O2S/c1-18-16(20-9-12-5-8-25(23,24)11-12)21-13-4-7-22(10-13)15-14(17)3-2-6-19-15/h2-3,6,12-13H,4-5,7-11H2,1H3,(H2,18,20,21). The summed E-state index contributed by atoms with van der Waals surface area (Å²) in [5.74, 6) is 2.26. The molecule has 25 heavy (non-hydrogen) atoms. The smallest absolute Gasteiger partial charge is 0.191 e. The van der Waals surface area contributed by atoms with E-state index >= 15 is 0 Å². The fraction of sp³-hybridized carbons (Fsp3) is 0.625. The van der Waals surface area contributed by atoms with Gasteiger partial charge in [-0.2, -0.15) is 0 Å². The molecule has 2 unspecified atom stereocenters. The average Bonchev–Trinajstić information content (AvgIpc) is 3.18. The van der Waals surface area contributed by atoms with Gasteiger partial charge in [0.15, 0.2) is 15.8 Å². The minimum atomic E-state index is -2.84. The Morgan fingerprint density at radius 1 is 1.48 bits per heavy atom. The molecule has 0 amide bonds. The molecule has 0 aromatic carbocycles. The van der Waals surface area contributed by atoms with Crippen LogP contribution in [0.1, 0.15) is 12.8 Å². The largest absolute Gasteiger partial charge is 0.356 e. The van der Waals surface area contributed by atoms with E-state index in [-0.39, 0.29) is 17.7 Å². The predicted molar refractivity (Wildman–Crippen MR) is 101 cm³/mol. The number of halogens is 1. The summed E-state index contributed by atoms with van der Waals surface area (Å²) in [6.45, 7) is 2.31. The molecular weight excluding hydrogens is 362 g/mol. The molecule has 9 heteroatoms. The molecule has 0 radical (unpaired) electrons. The van der Waals surface area contributed by atoms with Gasteiger partial charge in [0.1, 0.15) is 5.82 Å². The Hall–Kier alpha value is -1.54. The van der Waals surface area contributed by atoms with E-state index in [9.17, 15) is 8.42 Å². The molecule has 7 nitrogen and oxygen atoms in total. The molecule has 2 aliphatic heterocycles. The molecule has 1 aromatic rings. The van der Waals surface area contributed by atoms with Crippen LogP contribution >= 0.6 is 11.6 Å². The minimum absolute atomic E-state index is 0.163. The normalized spacial score (nSPS) is 26.0. The maximum Gasteiger partial charge on any atom is 0.191 e. The zero-order valence-corrected chi connectivity index (χ0v) is 15.9. The number of rotatable bonds is 4. The van der Waals surface area contributed by atoms with E-state index in [0.717, 1.165) is 31.7 Å². The van der Waals surface area contributed by atoms with Crippen LogP contribution in [0.25, 0.3) is 0 Å². The maximum atomic E-state index is 11.5. The highest BCUT2D eigenvalue weighted by atomic mass is 35.5. The molecule has 138 valence electrons. The van der Waals surface area contributed by atoms with Crippen LogP contribution in [-0.2, 0) is 9.84 Å². The van der Waals surface area contributed by atoms with Gasteiger partial charge < -0.3 is 15.5 Å². The van der Waals surface area contributed by atoms with Crippen LogP contribution in [0.5, 0.6) is 0 Å². The second-order valence-corrected chi connectivity index (χ2v) is 9.24. The average molecular weight is 386 g/mol. The quantitative estimate of drug-likeness (QED) is 0.592. The highest BCUT2D eigenvalue weighted by Crippen LogP contribution is 2.25. The number of aliphatic imine (C=N–C) groups is 1. The van der Waals surface area contributed by atoms with Gasteiger partial charge in [-0.15, -0.1) is 0 Å². The second-order valence-electron chi connectivity index (χ2n) is 6.61. The summed E-state index contributed by atoms with van der Waals surface area (Å²) in [4.78, 5) is 10.8. The van der Waals surface area contributed by atoms with E-state index in [1.165, 1.54) is 0 Å². The number of hydrogen-bond acceptors (Lipinski definition) is 5.